The number of phenolic OH excluding ortho intramolecular Hbond substituents is 1. The van der Waals surface area contributed by atoms with Gasteiger partial charge in [0.15, 0.2) is 5.96 Å². The second-order valence-electron chi connectivity index (χ2n) is 11.7. The van der Waals surface area contributed by atoms with Crippen LogP contribution in [0.4, 0.5) is 0 Å². The first-order chi connectivity index (χ1) is 21.1. The van der Waals surface area contributed by atoms with Crippen LogP contribution in [0.25, 0.3) is 0 Å². The summed E-state index contributed by atoms with van der Waals surface area (Å²) in [7, 11) is 0. The van der Waals surface area contributed by atoms with Crippen LogP contribution in [0.5, 0.6) is 5.75 Å². The molecule has 44 heavy (non-hydrogen) atoms. The number of nitrogens with one attached hydrogen (secondary N) is 2. The van der Waals surface area contributed by atoms with Gasteiger partial charge in [0.1, 0.15) is 23.9 Å². The lowest BCUT2D eigenvalue weighted by Gasteiger charge is -2.37. The Morgan fingerprint density at radius 1 is 0.955 bits per heavy atom. The molecule has 238 valence electrons. The SMILES string of the molecule is NC(N)=NCCCCNC(=O)C1CC2CCC(O)CC2N1C(=O)C(Cc1ccccc1)NC(=O)C(O)Cc1ccc(O)cc1. The smallest absolute Gasteiger partial charge is 0.249 e. The van der Waals surface area contributed by atoms with E-state index in [4.69, 9.17) is 11.5 Å². The number of amides is 3. The maximum atomic E-state index is 14.4. The van der Waals surface area contributed by atoms with Gasteiger partial charge in [0.05, 0.1) is 6.10 Å². The number of benzene rings is 2. The second-order valence-corrected chi connectivity index (χ2v) is 11.7. The number of nitrogens with zero attached hydrogens (tertiary/aromatic N) is 2. The van der Waals surface area contributed by atoms with Crippen LogP contribution >= 0.6 is 0 Å². The van der Waals surface area contributed by atoms with Crippen molar-refractivity contribution in [2.75, 3.05) is 13.1 Å². The first-order valence-corrected chi connectivity index (χ1v) is 15.3. The number of carbonyl (C=O) groups excluding carboxylic acids is 3. The van der Waals surface area contributed by atoms with E-state index in [0.717, 1.165) is 5.56 Å². The molecule has 4 rings (SSSR count). The number of aromatic hydroxyl groups is 1. The van der Waals surface area contributed by atoms with Crippen molar-refractivity contribution in [2.45, 2.75) is 81.7 Å². The highest BCUT2D eigenvalue weighted by Gasteiger charge is 2.50. The van der Waals surface area contributed by atoms with Gasteiger partial charge >= 0.3 is 0 Å². The lowest BCUT2D eigenvalue weighted by Crippen LogP contribution is -2.58. The fraction of sp³-hybridized carbons (Fsp3) is 0.500. The average molecular weight is 609 g/mol. The summed E-state index contributed by atoms with van der Waals surface area (Å²) < 4.78 is 0. The fourth-order valence-electron chi connectivity index (χ4n) is 6.21. The molecule has 2 aromatic carbocycles. The molecule has 1 saturated heterocycles. The lowest BCUT2D eigenvalue weighted by atomic mass is 9.83. The number of hydrogen-bond acceptors (Lipinski definition) is 7. The molecule has 0 aromatic heterocycles. The maximum Gasteiger partial charge on any atom is 0.249 e. The maximum absolute atomic E-state index is 14.4. The summed E-state index contributed by atoms with van der Waals surface area (Å²) in [6.07, 6.45) is 1.59. The number of unbranched alkanes of at least 4 members (excludes halogenated alkanes) is 1. The van der Waals surface area contributed by atoms with Crippen molar-refractivity contribution in [3.63, 3.8) is 0 Å². The molecule has 6 unspecified atom stereocenters. The van der Waals surface area contributed by atoms with Gasteiger partial charge < -0.3 is 42.3 Å². The number of likely N-dealkylation sites (tertiary alicyclic amines) is 1. The van der Waals surface area contributed by atoms with Crippen LogP contribution in [-0.2, 0) is 27.2 Å². The van der Waals surface area contributed by atoms with Crippen LogP contribution in [0.3, 0.4) is 0 Å². The van der Waals surface area contributed by atoms with Crippen molar-refractivity contribution in [2.24, 2.45) is 22.4 Å². The first-order valence-electron chi connectivity index (χ1n) is 15.3. The molecule has 1 saturated carbocycles. The van der Waals surface area contributed by atoms with E-state index >= 15 is 0 Å². The summed E-state index contributed by atoms with van der Waals surface area (Å²) in [5.41, 5.74) is 12.2. The van der Waals surface area contributed by atoms with E-state index in [1.165, 1.54) is 12.1 Å². The van der Waals surface area contributed by atoms with Crippen molar-refractivity contribution < 1.29 is 29.7 Å². The Labute approximate surface area is 257 Å². The first kappa shape index (κ1) is 32.7. The van der Waals surface area contributed by atoms with Crippen molar-refractivity contribution in [3.05, 3.63) is 65.7 Å². The van der Waals surface area contributed by atoms with Gasteiger partial charge in [-0.15, -0.1) is 0 Å². The molecule has 0 radical (unpaired) electrons. The third kappa shape index (κ3) is 8.93. The Bertz CT molecular complexity index is 1290. The van der Waals surface area contributed by atoms with E-state index in [-0.39, 0.29) is 42.4 Å². The standard InChI is InChI=1S/C32H44N6O6/c33-32(34)36-15-5-4-14-35-29(42)27-18-22-10-13-24(40)19-26(22)38(27)31(44)25(16-20-6-2-1-3-7-20)37-30(43)28(41)17-21-8-11-23(39)12-9-21/h1-3,6-9,11-12,22,24-28,39-41H,4-5,10,13-19H2,(H,35,42)(H,37,43)(H4,33,34,36). The highest BCUT2D eigenvalue weighted by Crippen LogP contribution is 2.40. The second kappa shape index (κ2) is 15.5. The van der Waals surface area contributed by atoms with E-state index < -0.39 is 36.1 Å². The molecule has 1 aliphatic heterocycles. The van der Waals surface area contributed by atoms with Crippen LogP contribution in [0.2, 0.25) is 0 Å². The summed E-state index contributed by atoms with van der Waals surface area (Å²) in [6.45, 7) is 0.844. The molecular formula is C32H44N6O6. The number of hydrogen-bond donors (Lipinski definition) is 7. The number of phenols is 1. The predicted molar refractivity (Wildman–Crippen MR) is 165 cm³/mol. The number of aliphatic hydroxyl groups is 2. The van der Waals surface area contributed by atoms with E-state index in [0.29, 0.717) is 57.2 Å². The Hall–Kier alpha value is -4.16. The van der Waals surface area contributed by atoms with E-state index in [1.807, 2.05) is 30.3 Å². The number of guanidine groups is 1. The van der Waals surface area contributed by atoms with Gasteiger partial charge in [-0.25, -0.2) is 0 Å². The van der Waals surface area contributed by atoms with Crippen molar-refractivity contribution in [3.8, 4) is 5.75 Å². The number of rotatable bonds is 13. The molecule has 0 spiro atoms. The minimum atomic E-state index is -1.44. The highest BCUT2D eigenvalue weighted by molar-refractivity contribution is 5.94. The molecular weight excluding hydrogens is 564 g/mol. The van der Waals surface area contributed by atoms with Crippen LogP contribution in [0.15, 0.2) is 59.6 Å². The number of fused-ring (bicyclic) bond motifs is 1. The fourth-order valence-corrected chi connectivity index (χ4v) is 6.21. The molecule has 6 atom stereocenters. The van der Waals surface area contributed by atoms with Crippen molar-refractivity contribution >= 4 is 23.7 Å². The van der Waals surface area contributed by atoms with Gasteiger partial charge in [0.25, 0.3) is 0 Å². The minimum Gasteiger partial charge on any atom is -0.508 e. The summed E-state index contributed by atoms with van der Waals surface area (Å²) in [6, 6.07) is 13.3. The minimum absolute atomic E-state index is 0.00676. The molecule has 2 fully saturated rings. The lowest BCUT2D eigenvalue weighted by molar-refractivity contribution is -0.145. The van der Waals surface area contributed by atoms with Crippen molar-refractivity contribution in [1.82, 2.24) is 15.5 Å². The third-order valence-corrected chi connectivity index (χ3v) is 8.45. The van der Waals surface area contributed by atoms with Gasteiger partial charge in [-0.2, -0.15) is 0 Å². The van der Waals surface area contributed by atoms with Gasteiger partial charge in [-0.05, 0) is 67.7 Å². The summed E-state index contributed by atoms with van der Waals surface area (Å²) in [5.74, 6) is -1.28. The molecule has 2 aliphatic rings. The molecule has 3 amide bonds. The van der Waals surface area contributed by atoms with E-state index in [9.17, 15) is 29.7 Å². The number of aliphatic imine (C=N–C) groups is 1. The zero-order chi connectivity index (χ0) is 31.6. The van der Waals surface area contributed by atoms with E-state index in [2.05, 4.69) is 15.6 Å². The predicted octanol–water partition coefficient (Wildman–Crippen LogP) is 0.323. The van der Waals surface area contributed by atoms with Gasteiger partial charge in [0, 0.05) is 32.0 Å². The van der Waals surface area contributed by atoms with Gasteiger partial charge in [-0.1, -0.05) is 42.5 Å². The van der Waals surface area contributed by atoms with Gasteiger partial charge in [-0.3, -0.25) is 19.4 Å². The summed E-state index contributed by atoms with van der Waals surface area (Å²) in [4.78, 5) is 46.6. The third-order valence-electron chi connectivity index (χ3n) is 8.45. The Morgan fingerprint density at radius 2 is 1.66 bits per heavy atom. The Balaban J connectivity index is 1.51. The molecule has 12 heteroatoms. The van der Waals surface area contributed by atoms with E-state index in [1.54, 1.807) is 17.0 Å². The van der Waals surface area contributed by atoms with Crippen molar-refractivity contribution in [1.29, 1.82) is 0 Å². The van der Waals surface area contributed by atoms with Crippen LogP contribution in [0, 0.1) is 5.92 Å². The molecule has 1 aliphatic carbocycles. The average Bonchev–Trinajstić information content (AvgIpc) is 3.38. The number of aliphatic hydroxyl groups excluding tert-OH is 2. The zero-order valence-corrected chi connectivity index (χ0v) is 24.8. The molecule has 12 nitrogen and oxygen atoms in total. The largest absolute Gasteiger partial charge is 0.508 e. The molecule has 9 N–H and O–H groups in total. The molecule has 1 heterocycles. The normalized spacial score (nSPS) is 22.4. The monoisotopic (exact) mass is 608 g/mol. The van der Waals surface area contributed by atoms with Crippen LogP contribution < -0.4 is 22.1 Å². The Kier molecular flexibility index (Phi) is 11.6. The quantitative estimate of drug-likeness (QED) is 0.0956. The number of carbonyl (C=O) groups is 3. The summed E-state index contributed by atoms with van der Waals surface area (Å²) in [5, 5.41) is 36.5. The highest BCUT2D eigenvalue weighted by atomic mass is 16.3. The Morgan fingerprint density at radius 3 is 2.36 bits per heavy atom. The molecule has 2 aromatic rings. The number of nitrogens with two attached hydrogens (primary N) is 2. The van der Waals surface area contributed by atoms with Gasteiger partial charge in [0.2, 0.25) is 17.7 Å². The van der Waals surface area contributed by atoms with Crippen LogP contribution in [-0.4, -0.2) is 87.3 Å². The van der Waals surface area contributed by atoms with Crippen LogP contribution in [0.1, 0.15) is 49.7 Å². The topological polar surface area (TPSA) is 204 Å². The molecule has 0 bridgehead atoms. The zero-order valence-electron chi connectivity index (χ0n) is 24.8. The summed E-state index contributed by atoms with van der Waals surface area (Å²) >= 11 is 0.